The average Bonchev–Trinajstić information content (AvgIpc) is 2.81. The highest BCUT2D eigenvalue weighted by Crippen LogP contribution is 2.15. The summed E-state index contributed by atoms with van der Waals surface area (Å²) in [4.78, 5) is 23.6. The Morgan fingerprint density at radius 3 is 2.38 bits per heavy atom. The van der Waals surface area contributed by atoms with Gasteiger partial charge in [0.2, 0.25) is 0 Å². The number of aryl methyl sites for hydroxylation is 1. The number of rotatable bonds is 7. The molecule has 0 bridgehead atoms. The van der Waals surface area contributed by atoms with Crippen molar-refractivity contribution in [2.75, 3.05) is 0 Å². The number of carboxylic acids is 1. The van der Waals surface area contributed by atoms with Crippen LogP contribution in [0.15, 0.2) is 6.07 Å². The Hall–Kier alpha value is -1.85. The molecule has 0 aliphatic heterocycles. The molecule has 0 unspecified atom stereocenters. The quantitative estimate of drug-likeness (QED) is 0.808. The number of carbonyl (C=O) groups is 2. The molecule has 1 aromatic heterocycles. The third-order valence-electron chi connectivity index (χ3n) is 3.23. The fourth-order valence-corrected chi connectivity index (χ4v) is 2.07. The SMILES string of the molecule is CCn1nc(C(C)C)cc1C(=O)N[C@H](CC(C)C)C(=O)O. The number of hydrogen-bond acceptors (Lipinski definition) is 3. The van der Waals surface area contributed by atoms with E-state index < -0.39 is 12.0 Å². The molecule has 0 fully saturated rings. The summed E-state index contributed by atoms with van der Waals surface area (Å²) in [6.07, 6.45) is 0.401. The number of nitrogens with one attached hydrogen (secondary N) is 1. The van der Waals surface area contributed by atoms with Crippen molar-refractivity contribution in [2.45, 2.75) is 59.5 Å². The third-order valence-corrected chi connectivity index (χ3v) is 3.23. The van der Waals surface area contributed by atoms with E-state index in [9.17, 15) is 14.7 Å². The lowest BCUT2D eigenvalue weighted by atomic mass is 10.0. The van der Waals surface area contributed by atoms with Gasteiger partial charge in [0.1, 0.15) is 11.7 Å². The molecule has 1 aromatic rings. The van der Waals surface area contributed by atoms with E-state index in [-0.39, 0.29) is 17.7 Å². The smallest absolute Gasteiger partial charge is 0.326 e. The van der Waals surface area contributed by atoms with Crippen molar-refractivity contribution in [3.05, 3.63) is 17.5 Å². The highest BCUT2D eigenvalue weighted by atomic mass is 16.4. The Bertz CT molecular complexity index is 506. The van der Waals surface area contributed by atoms with Crippen LogP contribution in [0.2, 0.25) is 0 Å². The molecule has 2 N–H and O–H groups in total. The van der Waals surface area contributed by atoms with Crippen LogP contribution < -0.4 is 5.32 Å². The predicted molar refractivity (Wildman–Crippen MR) is 80.3 cm³/mol. The molecule has 118 valence electrons. The molecule has 0 saturated carbocycles. The molecule has 1 atom stereocenters. The monoisotopic (exact) mass is 295 g/mol. The van der Waals surface area contributed by atoms with E-state index in [4.69, 9.17) is 0 Å². The fraction of sp³-hybridized carbons (Fsp3) is 0.667. The van der Waals surface area contributed by atoms with Gasteiger partial charge < -0.3 is 10.4 Å². The zero-order valence-electron chi connectivity index (χ0n) is 13.4. The second-order valence-electron chi connectivity index (χ2n) is 5.92. The minimum absolute atomic E-state index is 0.189. The zero-order chi connectivity index (χ0) is 16.2. The van der Waals surface area contributed by atoms with Crippen LogP contribution in [0.5, 0.6) is 0 Å². The van der Waals surface area contributed by atoms with Crippen LogP contribution in [-0.2, 0) is 11.3 Å². The first-order valence-corrected chi connectivity index (χ1v) is 7.37. The maximum Gasteiger partial charge on any atom is 0.326 e. The first-order valence-electron chi connectivity index (χ1n) is 7.37. The van der Waals surface area contributed by atoms with Crippen LogP contribution in [0.4, 0.5) is 0 Å². The first kappa shape index (κ1) is 17.2. The normalized spacial score (nSPS) is 12.7. The number of carboxylic acid groups (broad SMARTS) is 1. The highest BCUT2D eigenvalue weighted by molar-refractivity contribution is 5.95. The summed E-state index contributed by atoms with van der Waals surface area (Å²) in [7, 11) is 0. The maximum absolute atomic E-state index is 12.3. The van der Waals surface area contributed by atoms with Crippen LogP contribution in [0, 0.1) is 5.92 Å². The molecule has 1 rings (SSSR count). The lowest BCUT2D eigenvalue weighted by Crippen LogP contribution is -2.42. The van der Waals surface area contributed by atoms with Gasteiger partial charge in [-0.25, -0.2) is 4.79 Å². The summed E-state index contributed by atoms with van der Waals surface area (Å²) >= 11 is 0. The highest BCUT2D eigenvalue weighted by Gasteiger charge is 2.24. The van der Waals surface area contributed by atoms with Gasteiger partial charge in [0.25, 0.3) is 5.91 Å². The van der Waals surface area contributed by atoms with Gasteiger partial charge in [-0.05, 0) is 31.2 Å². The molecule has 0 aliphatic rings. The standard InChI is InChI=1S/C15H25N3O3/c1-6-18-13(8-11(17-18)10(4)5)14(19)16-12(15(20)21)7-9(2)3/h8-10,12H,6-7H2,1-5H3,(H,16,19)(H,20,21)/t12-/m1/s1. The van der Waals surface area contributed by atoms with Crippen LogP contribution in [-0.4, -0.2) is 32.8 Å². The average molecular weight is 295 g/mol. The van der Waals surface area contributed by atoms with E-state index in [2.05, 4.69) is 10.4 Å². The largest absolute Gasteiger partial charge is 0.480 e. The molecule has 21 heavy (non-hydrogen) atoms. The molecule has 1 heterocycles. The molecule has 6 nitrogen and oxygen atoms in total. The van der Waals surface area contributed by atoms with E-state index in [1.807, 2.05) is 34.6 Å². The van der Waals surface area contributed by atoms with Crippen molar-refractivity contribution in [1.82, 2.24) is 15.1 Å². The zero-order valence-corrected chi connectivity index (χ0v) is 13.4. The number of amides is 1. The maximum atomic E-state index is 12.3. The number of aromatic nitrogens is 2. The van der Waals surface area contributed by atoms with Crippen molar-refractivity contribution in [1.29, 1.82) is 0 Å². The number of nitrogens with zero attached hydrogens (tertiary/aromatic N) is 2. The minimum Gasteiger partial charge on any atom is -0.480 e. The van der Waals surface area contributed by atoms with Crippen LogP contribution in [0.3, 0.4) is 0 Å². The van der Waals surface area contributed by atoms with Crippen molar-refractivity contribution in [3.63, 3.8) is 0 Å². The third kappa shape index (κ3) is 4.58. The van der Waals surface area contributed by atoms with Crippen LogP contribution >= 0.6 is 0 Å². The Labute approximate surface area is 125 Å². The number of carbonyl (C=O) groups excluding carboxylic acids is 1. The second kappa shape index (κ2) is 7.24. The topological polar surface area (TPSA) is 84.2 Å². The van der Waals surface area contributed by atoms with E-state index in [1.165, 1.54) is 0 Å². The minimum atomic E-state index is -1.01. The summed E-state index contributed by atoms with van der Waals surface area (Å²) in [6.45, 7) is 10.3. The Morgan fingerprint density at radius 1 is 1.33 bits per heavy atom. The summed E-state index contributed by atoms with van der Waals surface area (Å²) in [6, 6.07) is 0.859. The lowest BCUT2D eigenvalue weighted by molar-refractivity contribution is -0.139. The van der Waals surface area contributed by atoms with E-state index in [0.29, 0.717) is 18.7 Å². The van der Waals surface area contributed by atoms with Gasteiger partial charge in [-0.15, -0.1) is 0 Å². The predicted octanol–water partition coefficient (Wildman–Crippen LogP) is 2.26. The molecular weight excluding hydrogens is 270 g/mol. The molecule has 6 heteroatoms. The fourth-order valence-electron chi connectivity index (χ4n) is 2.07. The van der Waals surface area contributed by atoms with Gasteiger partial charge in [0.15, 0.2) is 0 Å². The first-order chi connectivity index (χ1) is 9.76. The van der Waals surface area contributed by atoms with Crippen LogP contribution in [0.1, 0.15) is 63.1 Å². The van der Waals surface area contributed by atoms with E-state index in [0.717, 1.165) is 5.69 Å². The lowest BCUT2D eigenvalue weighted by Gasteiger charge is -2.16. The number of aliphatic carboxylic acids is 1. The van der Waals surface area contributed by atoms with E-state index in [1.54, 1.807) is 10.7 Å². The summed E-state index contributed by atoms with van der Waals surface area (Å²) < 4.78 is 1.61. The molecular formula is C15H25N3O3. The summed E-state index contributed by atoms with van der Waals surface area (Å²) in [5.41, 5.74) is 1.24. The summed E-state index contributed by atoms with van der Waals surface area (Å²) in [5, 5.41) is 16.2. The van der Waals surface area contributed by atoms with E-state index >= 15 is 0 Å². The Morgan fingerprint density at radius 2 is 1.95 bits per heavy atom. The van der Waals surface area contributed by atoms with Gasteiger partial charge in [-0.3, -0.25) is 9.48 Å². The van der Waals surface area contributed by atoms with Gasteiger partial charge in [0.05, 0.1) is 5.69 Å². The van der Waals surface area contributed by atoms with Crippen molar-refractivity contribution < 1.29 is 14.7 Å². The van der Waals surface area contributed by atoms with Crippen molar-refractivity contribution in [3.8, 4) is 0 Å². The molecule has 0 spiro atoms. The summed E-state index contributed by atoms with van der Waals surface area (Å²) in [5.74, 6) is -0.989. The van der Waals surface area contributed by atoms with Gasteiger partial charge >= 0.3 is 5.97 Å². The van der Waals surface area contributed by atoms with Crippen molar-refractivity contribution >= 4 is 11.9 Å². The molecule has 0 saturated heterocycles. The van der Waals surface area contributed by atoms with Gasteiger partial charge in [0, 0.05) is 6.54 Å². The Kier molecular flexibility index (Phi) is 5.93. The van der Waals surface area contributed by atoms with Crippen molar-refractivity contribution in [2.24, 2.45) is 5.92 Å². The second-order valence-corrected chi connectivity index (χ2v) is 5.92. The van der Waals surface area contributed by atoms with Gasteiger partial charge in [-0.1, -0.05) is 27.7 Å². The molecule has 0 aromatic carbocycles. The Balaban J connectivity index is 2.94. The molecule has 0 radical (unpaired) electrons. The molecule has 0 aliphatic carbocycles. The van der Waals surface area contributed by atoms with Crippen LogP contribution in [0.25, 0.3) is 0 Å². The van der Waals surface area contributed by atoms with Gasteiger partial charge in [-0.2, -0.15) is 5.10 Å². The number of hydrogen-bond donors (Lipinski definition) is 2. The molecule has 1 amide bonds.